The molecule has 1 atom stereocenters. The van der Waals surface area contributed by atoms with Crippen molar-refractivity contribution < 1.29 is 23.5 Å². The fraction of sp³-hybridized carbons (Fsp3) is 0.323. The Kier molecular flexibility index (Phi) is 9.68. The van der Waals surface area contributed by atoms with Crippen LogP contribution in [0.25, 0.3) is 0 Å². The summed E-state index contributed by atoms with van der Waals surface area (Å²) in [6, 6.07) is 19.6. The van der Waals surface area contributed by atoms with E-state index in [1.54, 1.807) is 42.5 Å². The van der Waals surface area contributed by atoms with Crippen molar-refractivity contribution in [3.8, 4) is 5.75 Å². The zero-order valence-electron chi connectivity index (χ0n) is 23.3. The summed E-state index contributed by atoms with van der Waals surface area (Å²) in [6.45, 7) is 3.47. The van der Waals surface area contributed by atoms with Gasteiger partial charge in [0.15, 0.2) is 0 Å². The molecule has 0 radical (unpaired) electrons. The van der Waals surface area contributed by atoms with Gasteiger partial charge in [0, 0.05) is 37.6 Å². The van der Waals surface area contributed by atoms with Crippen LogP contribution in [0.5, 0.6) is 5.75 Å². The molecule has 220 valence electrons. The third-order valence-corrected chi connectivity index (χ3v) is 7.60. The zero-order chi connectivity index (χ0) is 29.5. The lowest BCUT2D eigenvalue weighted by Crippen LogP contribution is -2.47. The van der Waals surface area contributed by atoms with E-state index in [2.05, 4.69) is 15.3 Å². The van der Waals surface area contributed by atoms with E-state index in [1.807, 2.05) is 18.2 Å². The Bertz CT molecular complexity index is 1410. The molecule has 11 heteroatoms. The fourth-order valence-corrected chi connectivity index (χ4v) is 5.14. The highest BCUT2D eigenvalue weighted by atomic mass is 35.5. The Hall–Kier alpha value is -3.99. The van der Waals surface area contributed by atoms with Crippen LogP contribution in [0.2, 0.25) is 5.02 Å². The third kappa shape index (κ3) is 7.25. The Morgan fingerprint density at radius 2 is 1.79 bits per heavy atom. The molecule has 1 saturated heterocycles. The van der Waals surface area contributed by atoms with Crippen LogP contribution in [0.15, 0.2) is 77.9 Å². The number of benzene rings is 3. The molecular weight excluding hydrogens is 561 g/mol. The number of hydrogen-bond acceptors (Lipinski definition) is 6. The average molecular weight is 594 g/mol. The van der Waals surface area contributed by atoms with Gasteiger partial charge in [0.25, 0.3) is 5.91 Å². The number of nitrogens with one attached hydrogen (secondary N) is 1. The molecule has 0 aliphatic carbocycles. The molecule has 1 unspecified atom stereocenters. The number of hydrogen-bond donors (Lipinski definition) is 1. The van der Waals surface area contributed by atoms with Crippen LogP contribution in [0.4, 0.5) is 14.9 Å². The minimum absolute atomic E-state index is 0.199. The number of rotatable bonds is 9. The van der Waals surface area contributed by atoms with Gasteiger partial charge >= 0.3 is 6.03 Å². The Morgan fingerprint density at radius 1 is 1.07 bits per heavy atom. The van der Waals surface area contributed by atoms with Gasteiger partial charge in [-0.1, -0.05) is 48.0 Å². The second kappa shape index (κ2) is 13.8. The second-order valence-electron chi connectivity index (χ2n) is 10.1. The van der Waals surface area contributed by atoms with Crippen molar-refractivity contribution in [1.29, 1.82) is 0 Å². The highest BCUT2D eigenvalue weighted by Crippen LogP contribution is 2.33. The van der Waals surface area contributed by atoms with Crippen molar-refractivity contribution in [2.24, 2.45) is 5.10 Å². The maximum Gasteiger partial charge on any atom is 0.322 e. The summed E-state index contributed by atoms with van der Waals surface area (Å²) >= 11 is 6.13. The monoisotopic (exact) mass is 593 g/mol. The second-order valence-corrected chi connectivity index (χ2v) is 10.5. The van der Waals surface area contributed by atoms with Crippen molar-refractivity contribution in [1.82, 2.24) is 14.8 Å². The highest BCUT2D eigenvalue weighted by Gasteiger charge is 2.34. The SMILES string of the molecule is COc1ccccc1NC(=O)N(CCN1CCOCC1)CC(=O)N1N=C(c2ccc(F)cc2)CC1c1ccc(Cl)cc1. The lowest BCUT2D eigenvalue weighted by atomic mass is 9.98. The molecule has 3 aromatic rings. The number of nitrogens with zero attached hydrogens (tertiary/aromatic N) is 4. The van der Waals surface area contributed by atoms with Crippen LogP contribution in [-0.2, 0) is 9.53 Å². The first-order valence-corrected chi connectivity index (χ1v) is 14.2. The van der Waals surface area contributed by atoms with Crippen LogP contribution in [0.3, 0.4) is 0 Å². The largest absolute Gasteiger partial charge is 0.495 e. The molecule has 3 amide bonds. The maximum atomic E-state index is 13.9. The van der Waals surface area contributed by atoms with E-state index in [4.69, 9.17) is 21.1 Å². The number of para-hydroxylation sites is 2. The fourth-order valence-electron chi connectivity index (χ4n) is 5.02. The molecule has 42 heavy (non-hydrogen) atoms. The quantitative estimate of drug-likeness (QED) is 0.376. The summed E-state index contributed by atoms with van der Waals surface area (Å²) < 4.78 is 24.5. The summed E-state index contributed by atoms with van der Waals surface area (Å²) in [5.41, 5.74) is 2.74. The maximum absolute atomic E-state index is 13.9. The van der Waals surface area contributed by atoms with Gasteiger partial charge in [0.2, 0.25) is 0 Å². The van der Waals surface area contributed by atoms with Crippen LogP contribution in [-0.4, -0.2) is 85.5 Å². The number of methoxy groups -OCH3 is 1. The molecule has 3 aromatic carbocycles. The van der Waals surface area contributed by atoms with Gasteiger partial charge in [-0.25, -0.2) is 14.2 Å². The molecular formula is C31H33ClFN5O4. The summed E-state index contributed by atoms with van der Waals surface area (Å²) in [7, 11) is 1.53. The van der Waals surface area contributed by atoms with Gasteiger partial charge < -0.3 is 19.7 Å². The number of anilines is 1. The first-order chi connectivity index (χ1) is 20.4. The molecule has 0 bridgehead atoms. The van der Waals surface area contributed by atoms with E-state index in [0.717, 1.165) is 24.2 Å². The smallest absolute Gasteiger partial charge is 0.322 e. The molecule has 2 heterocycles. The summed E-state index contributed by atoms with van der Waals surface area (Å²) in [5, 5.41) is 9.59. The van der Waals surface area contributed by atoms with Gasteiger partial charge in [0.05, 0.1) is 37.8 Å². The van der Waals surface area contributed by atoms with E-state index < -0.39 is 12.1 Å². The lowest BCUT2D eigenvalue weighted by Gasteiger charge is -2.31. The van der Waals surface area contributed by atoms with Crippen molar-refractivity contribution >= 4 is 34.9 Å². The van der Waals surface area contributed by atoms with Gasteiger partial charge in [0.1, 0.15) is 18.1 Å². The van der Waals surface area contributed by atoms with Gasteiger partial charge in [-0.05, 0) is 47.5 Å². The number of hydrazone groups is 1. The third-order valence-electron chi connectivity index (χ3n) is 7.35. The minimum atomic E-state index is -0.425. The number of amides is 3. The Balaban J connectivity index is 1.39. The molecule has 5 rings (SSSR count). The number of urea groups is 1. The lowest BCUT2D eigenvalue weighted by molar-refractivity contribution is -0.133. The van der Waals surface area contributed by atoms with E-state index in [0.29, 0.717) is 54.9 Å². The average Bonchev–Trinajstić information content (AvgIpc) is 3.46. The number of halogens is 2. The first kappa shape index (κ1) is 29.5. The molecule has 0 saturated carbocycles. The van der Waals surface area contributed by atoms with Crippen LogP contribution in [0, 0.1) is 5.82 Å². The van der Waals surface area contributed by atoms with Crippen LogP contribution in [0.1, 0.15) is 23.6 Å². The first-order valence-electron chi connectivity index (χ1n) is 13.8. The van der Waals surface area contributed by atoms with E-state index >= 15 is 0 Å². The summed E-state index contributed by atoms with van der Waals surface area (Å²) in [4.78, 5) is 31.2. The minimum Gasteiger partial charge on any atom is -0.495 e. The Labute approximate surface area is 249 Å². The van der Waals surface area contributed by atoms with Gasteiger partial charge in [-0.3, -0.25) is 9.69 Å². The van der Waals surface area contributed by atoms with Gasteiger partial charge in [-0.15, -0.1) is 0 Å². The zero-order valence-corrected chi connectivity index (χ0v) is 24.1. The number of carbonyl (C=O) groups is 2. The molecule has 1 N–H and O–H groups in total. The van der Waals surface area contributed by atoms with E-state index in [-0.39, 0.29) is 18.3 Å². The number of carbonyl (C=O) groups excluding carboxylic acids is 2. The molecule has 1 fully saturated rings. The number of morpholine rings is 1. The molecule has 9 nitrogen and oxygen atoms in total. The Morgan fingerprint density at radius 3 is 2.50 bits per heavy atom. The molecule has 2 aliphatic rings. The van der Waals surface area contributed by atoms with Crippen molar-refractivity contribution in [3.05, 3.63) is 94.8 Å². The highest BCUT2D eigenvalue weighted by molar-refractivity contribution is 6.30. The number of ether oxygens (including phenoxy) is 2. The van der Waals surface area contributed by atoms with Crippen molar-refractivity contribution in [3.63, 3.8) is 0 Å². The predicted octanol–water partition coefficient (Wildman–Crippen LogP) is 5.03. The molecule has 0 aromatic heterocycles. The topological polar surface area (TPSA) is 86.7 Å². The molecule has 0 spiro atoms. The van der Waals surface area contributed by atoms with E-state index in [9.17, 15) is 14.0 Å². The predicted molar refractivity (Wildman–Crippen MR) is 159 cm³/mol. The summed E-state index contributed by atoms with van der Waals surface area (Å²) in [5.74, 6) is -0.179. The van der Waals surface area contributed by atoms with Crippen molar-refractivity contribution in [2.75, 3.05) is 58.4 Å². The van der Waals surface area contributed by atoms with E-state index in [1.165, 1.54) is 29.2 Å². The van der Waals surface area contributed by atoms with Crippen LogP contribution >= 0.6 is 11.6 Å². The normalized spacial score (nSPS) is 17.1. The van der Waals surface area contributed by atoms with Gasteiger partial charge in [-0.2, -0.15) is 5.10 Å². The summed E-state index contributed by atoms with van der Waals surface area (Å²) in [6.07, 6.45) is 0.431. The standard InChI is InChI=1S/C31H33ClFN5O4/c1-41-29-5-3-2-4-26(29)34-31(40)37(15-14-36-16-18-42-19-17-36)21-30(39)38-28(23-6-10-24(32)11-7-23)20-27(35-38)22-8-12-25(33)13-9-22/h2-13,28H,14-21H2,1H3,(H,34,40). The van der Waals surface area contributed by atoms with Crippen LogP contribution < -0.4 is 10.1 Å². The molecule has 2 aliphatic heterocycles. The van der Waals surface area contributed by atoms with Crippen molar-refractivity contribution in [2.45, 2.75) is 12.5 Å².